The van der Waals surface area contributed by atoms with Gasteiger partial charge < -0.3 is 10.6 Å². The number of nitrogens with two attached hydrogens (primary N) is 1. The molecule has 2 rings (SSSR count). The Morgan fingerprint density at radius 1 is 1.19 bits per heavy atom. The summed E-state index contributed by atoms with van der Waals surface area (Å²) in [5, 5.41) is 0. The van der Waals surface area contributed by atoms with Crippen LogP contribution in [0.2, 0.25) is 0 Å². The van der Waals surface area contributed by atoms with Crippen molar-refractivity contribution >= 4 is 0 Å². The van der Waals surface area contributed by atoms with Crippen LogP contribution in [0.25, 0.3) is 0 Å². The molecule has 1 aliphatic heterocycles. The Morgan fingerprint density at radius 3 is 2.44 bits per heavy atom. The van der Waals surface area contributed by atoms with E-state index in [1.54, 1.807) is 0 Å². The van der Waals surface area contributed by atoms with Crippen molar-refractivity contribution < 1.29 is 0 Å². The van der Waals surface area contributed by atoms with Gasteiger partial charge in [0.15, 0.2) is 0 Å². The first kappa shape index (κ1) is 11.6. The molecular weight excluding hydrogens is 196 g/mol. The van der Waals surface area contributed by atoms with Gasteiger partial charge >= 0.3 is 0 Å². The highest BCUT2D eigenvalue weighted by molar-refractivity contribution is 5.18. The number of benzene rings is 1. The first-order chi connectivity index (χ1) is 7.77. The second kappa shape index (κ2) is 5.46. The molecule has 1 fully saturated rings. The maximum absolute atomic E-state index is 6.24. The van der Waals surface area contributed by atoms with Gasteiger partial charge in [-0.1, -0.05) is 30.3 Å². The van der Waals surface area contributed by atoms with Crippen molar-refractivity contribution in [2.75, 3.05) is 13.1 Å². The van der Waals surface area contributed by atoms with Gasteiger partial charge in [-0.2, -0.15) is 0 Å². The zero-order valence-electron chi connectivity index (χ0n) is 10.1. The number of nitrogens with zero attached hydrogens (tertiary/aromatic N) is 1. The summed E-state index contributed by atoms with van der Waals surface area (Å²) in [7, 11) is 0. The summed E-state index contributed by atoms with van der Waals surface area (Å²) >= 11 is 0. The maximum Gasteiger partial charge on any atom is 0.0309 e. The van der Waals surface area contributed by atoms with E-state index in [1.807, 2.05) is 6.07 Å². The number of hydrogen-bond acceptors (Lipinski definition) is 2. The molecule has 2 heteroatoms. The highest BCUT2D eigenvalue weighted by Gasteiger charge is 2.20. The Bertz CT molecular complexity index is 304. The molecule has 2 nitrogen and oxygen atoms in total. The van der Waals surface area contributed by atoms with Crippen LogP contribution in [0.15, 0.2) is 30.3 Å². The van der Waals surface area contributed by atoms with Crippen molar-refractivity contribution in [3.8, 4) is 0 Å². The molecule has 2 unspecified atom stereocenters. The van der Waals surface area contributed by atoms with Gasteiger partial charge in [0.25, 0.3) is 0 Å². The summed E-state index contributed by atoms with van der Waals surface area (Å²) in [4.78, 5) is 2.56. The van der Waals surface area contributed by atoms with E-state index in [9.17, 15) is 0 Å². The molecular formula is C14H22N2. The number of likely N-dealkylation sites (tertiary alicyclic amines) is 1. The Morgan fingerprint density at radius 2 is 1.81 bits per heavy atom. The van der Waals surface area contributed by atoms with E-state index < -0.39 is 0 Å². The zero-order valence-corrected chi connectivity index (χ0v) is 10.1. The summed E-state index contributed by atoms with van der Waals surface area (Å²) < 4.78 is 0. The van der Waals surface area contributed by atoms with Crippen LogP contribution in [-0.2, 0) is 0 Å². The van der Waals surface area contributed by atoms with Gasteiger partial charge in [-0.3, -0.25) is 0 Å². The average Bonchev–Trinajstić information content (AvgIpc) is 2.83. The summed E-state index contributed by atoms with van der Waals surface area (Å²) in [5.74, 6) is 0. The molecule has 0 aromatic heterocycles. The van der Waals surface area contributed by atoms with Crippen LogP contribution in [0.4, 0.5) is 0 Å². The van der Waals surface area contributed by atoms with Gasteiger partial charge in [0, 0.05) is 12.1 Å². The fraction of sp³-hybridized carbons (Fsp3) is 0.571. The first-order valence-corrected chi connectivity index (χ1v) is 6.32. The van der Waals surface area contributed by atoms with Gasteiger partial charge in [0.1, 0.15) is 0 Å². The van der Waals surface area contributed by atoms with Crippen molar-refractivity contribution in [2.45, 2.75) is 38.3 Å². The first-order valence-electron chi connectivity index (χ1n) is 6.32. The van der Waals surface area contributed by atoms with Gasteiger partial charge in [-0.05, 0) is 44.8 Å². The molecule has 0 radical (unpaired) electrons. The zero-order chi connectivity index (χ0) is 11.4. The lowest BCUT2D eigenvalue weighted by atomic mass is 10.0. The third-order valence-corrected chi connectivity index (χ3v) is 3.59. The third kappa shape index (κ3) is 2.83. The van der Waals surface area contributed by atoms with Crippen molar-refractivity contribution in [1.82, 2.24) is 4.90 Å². The Kier molecular flexibility index (Phi) is 3.97. The minimum Gasteiger partial charge on any atom is -0.324 e. The minimum atomic E-state index is 0.178. The average molecular weight is 218 g/mol. The van der Waals surface area contributed by atoms with Crippen molar-refractivity contribution in [1.29, 1.82) is 0 Å². The van der Waals surface area contributed by atoms with Crippen LogP contribution < -0.4 is 5.73 Å². The van der Waals surface area contributed by atoms with Crippen molar-refractivity contribution in [3.05, 3.63) is 35.9 Å². The molecule has 0 saturated carbocycles. The second-order valence-electron chi connectivity index (χ2n) is 4.84. The molecule has 2 atom stereocenters. The van der Waals surface area contributed by atoms with Crippen molar-refractivity contribution in [3.63, 3.8) is 0 Å². The molecule has 16 heavy (non-hydrogen) atoms. The van der Waals surface area contributed by atoms with Crippen LogP contribution in [0.3, 0.4) is 0 Å². The largest absolute Gasteiger partial charge is 0.324 e. The Hall–Kier alpha value is -0.860. The third-order valence-electron chi connectivity index (χ3n) is 3.59. The van der Waals surface area contributed by atoms with Gasteiger partial charge in [0.05, 0.1) is 0 Å². The van der Waals surface area contributed by atoms with Crippen LogP contribution >= 0.6 is 0 Å². The Balaban J connectivity index is 1.89. The molecule has 1 heterocycles. The lowest BCUT2D eigenvalue weighted by Crippen LogP contribution is -2.33. The summed E-state index contributed by atoms with van der Waals surface area (Å²) in [6.07, 6.45) is 3.76. The fourth-order valence-corrected chi connectivity index (χ4v) is 2.54. The molecule has 88 valence electrons. The fourth-order valence-electron chi connectivity index (χ4n) is 2.54. The van der Waals surface area contributed by atoms with Crippen LogP contribution in [-0.4, -0.2) is 24.0 Å². The minimum absolute atomic E-state index is 0.178. The smallest absolute Gasteiger partial charge is 0.0309 e. The lowest BCUT2D eigenvalue weighted by Gasteiger charge is -2.26. The highest BCUT2D eigenvalue weighted by atomic mass is 15.2. The molecule has 1 aliphatic rings. The molecule has 2 N–H and O–H groups in total. The normalized spacial score (nSPS) is 20.9. The SMILES string of the molecule is CC(CC(N)c1ccccc1)N1CCCC1. The van der Waals surface area contributed by atoms with E-state index in [0.29, 0.717) is 6.04 Å². The van der Waals surface area contributed by atoms with Gasteiger partial charge in [-0.15, -0.1) is 0 Å². The molecule has 0 aliphatic carbocycles. The topological polar surface area (TPSA) is 29.3 Å². The van der Waals surface area contributed by atoms with E-state index in [0.717, 1.165) is 6.42 Å². The second-order valence-corrected chi connectivity index (χ2v) is 4.84. The quantitative estimate of drug-likeness (QED) is 0.841. The van der Waals surface area contributed by atoms with Gasteiger partial charge in [0.2, 0.25) is 0 Å². The monoisotopic (exact) mass is 218 g/mol. The summed E-state index contributed by atoms with van der Waals surface area (Å²) in [6, 6.07) is 11.2. The number of rotatable bonds is 4. The molecule has 0 spiro atoms. The number of hydrogen-bond donors (Lipinski definition) is 1. The molecule has 1 aromatic carbocycles. The van der Waals surface area contributed by atoms with E-state index >= 15 is 0 Å². The van der Waals surface area contributed by atoms with Crippen LogP contribution in [0.1, 0.15) is 37.8 Å². The molecule has 1 saturated heterocycles. The summed E-state index contributed by atoms with van der Waals surface area (Å²) in [5.41, 5.74) is 7.49. The lowest BCUT2D eigenvalue weighted by molar-refractivity contribution is 0.236. The van der Waals surface area contributed by atoms with E-state index in [2.05, 4.69) is 36.1 Å². The highest BCUT2D eigenvalue weighted by Crippen LogP contribution is 2.20. The standard InChI is InChI=1S/C14H22N2/c1-12(16-9-5-6-10-16)11-14(15)13-7-3-2-4-8-13/h2-4,7-8,12,14H,5-6,9-11,15H2,1H3. The van der Waals surface area contributed by atoms with E-state index in [4.69, 9.17) is 5.73 Å². The summed E-state index contributed by atoms with van der Waals surface area (Å²) in [6.45, 7) is 4.81. The van der Waals surface area contributed by atoms with Crippen LogP contribution in [0.5, 0.6) is 0 Å². The molecule has 1 aromatic rings. The predicted octanol–water partition coefficient (Wildman–Crippen LogP) is 2.56. The predicted molar refractivity (Wildman–Crippen MR) is 68.3 cm³/mol. The van der Waals surface area contributed by atoms with Crippen molar-refractivity contribution in [2.24, 2.45) is 5.73 Å². The molecule has 0 bridgehead atoms. The van der Waals surface area contributed by atoms with Gasteiger partial charge in [-0.25, -0.2) is 0 Å². The van der Waals surface area contributed by atoms with E-state index in [1.165, 1.54) is 31.5 Å². The van der Waals surface area contributed by atoms with E-state index in [-0.39, 0.29) is 6.04 Å². The maximum atomic E-state index is 6.24. The Labute approximate surface area is 98.4 Å². The molecule has 0 amide bonds. The van der Waals surface area contributed by atoms with Crippen LogP contribution in [0, 0.1) is 0 Å².